The molecule has 8 aromatic carbocycles. The number of aromatic nitrogens is 2. The smallest absolute Gasteiger partial charge is 0.219 e. The summed E-state index contributed by atoms with van der Waals surface area (Å²) in [4.78, 5) is 11.4. The van der Waals surface area contributed by atoms with Crippen LogP contribution in [0.3, 0.4) is 0 Å². The van der Waals surface area contributed by atoms with Crippen molar-refractivity contribution >= 4 is 65.9 Å². The predicted molar refractivity (Wildman–Crippen MR) is 230 cm³/mol. The molecule has 3 aliphatic heterocycles. The fraction of sp³-hybridized carbons (Fsp3) is 0.0588. The van der Waals surface area contributed by atoms with Crippen LogP contribution in [0, 0.1) is 0 Å². The van der Waals surface area contributed by atoms with Gasteiger partial charge in [0.15, 0.2) is 5.84 Å². The minimum atomic E-state index is -0.732. The van der Waals surface area contributed by atoms with Crippen molar-refractivity contribution in [1.82, 2.24) is 9.13 Å². The van der Waals surface area contributed by atoms with Crippen molar-refractivity contribution in [3.8, 4) is 33.7 Å². The number of para-hydroxylation sites is 4. The number of ether oxygens (including phenoxy) is 1. The summed E-state index contributed by atoms with van der Waals surface area (Å²) in [5.74, 6) is 1.64. The Bertz CT molecular complexity index is 3440. The maximum absolute atomic E-state index is 6.62. The van der Waals surface area contributed by atoms with Gasteiger partial charge in [-0.3, -0.25) is 4.57 Å². The molecule has 0 aliphatic carbocycles. The molecule has 2 aromatic heterocycles. The number of rotatable bonds is 1. The Hall–Kier alpha value is -7.24. The van der Waals surface area contributed by atoms with Crippen LogP contribution >= 0.6 is 0 Å². The zero-order valence-electron chi connectivity index (χ0n) is 30.4. The lowest BCUT2D eigenvalue weighted by Crippen LogP contribution is -2.42. The van der Waals surface area contributed by atoms with Crippen molar-refractivity contribution in [2.45, 2.75) is 18.7 Å². The third-order valence-corrected chi connectivity index (χ3v) is 12.4. The van der Waals surface area contributed by atoms with Crippen molar-refractivity contribution < 1.29 is 4.74 Å². The van der Waals surface area contributed by atoms with E-state index in [1.165, 1.54) is 65.9 Å². The van der Waals surface area contributed by atoms with Crippen molar-refractivity contribution in [2.75, 3.05) is 0 Å². The van der Waals surface area contributed by atoms with Gasteiger partial charge in [-0.2, -0.15) is 0 Å². The highest BCUT2D eigenvalue weighted by Crippen LogP contribution is 2.52. The zero-order valence-corrected chi connectivity index (χ0v) is 30.4. The van der Waals surface area contributed by atoms with Gasteiger partial charge in [0.25, 0.3) is 0 Å². The van der Waals surface area contributed by atoms with Gasteiger partial charge in [-0.15, -0.1) is 0 Å². The van der Waals surface area contributed by atoms with Gasteiger partial charge in [-0.1, -0.05) is 133 Å². The van der Waals surface area contributed by atoms with E-state index in [9.17, 15) is 0 Å². The molecular formula is C51H32N4O. The molecule has 10 aromatic rings. The molecule has 5 heteroatoms. The predicted octanol–water partition coefficient (Wildman–Crippen LogP) is 12.1. The number of fused-ring (bicyclic) bond motifs is 16. The van der Waals surface area contributed by atoms with Crippen LogP contribution in [0.1, 0.15) is 18.1 Å². The van der Waals surface area contributed by atoms with Gasteiger partial charge < -0.3 is 9.30 Å². The molecule has 0 N–H and O–H groups in total. The van der Waals surface area contributed by atoms with Crippen LogP contribution in [0.15, 0.2) is 180 Å². The summed E-state index contributed by atoms with van der Waals surface area (Å²) < 4.78 is 11.5. The molecule has 2 atom stereocenters. The summed E-state index contributed by atoms with van der Waals surface area (Å²) in [7, 11) is 0. The summed E-state index contributed by atoms with van der Waals surface area (Å²) in [5, 5.41) is 7.14. The minimum absolute atomic E-state index is 0.502. The van der Waals surface area contributed by atoms with Crippen LogP contribution in [0.2, 0.25) is 0 Å². The molecular weight excluding hydrogens is 685 g/mol. The van der Waals surface area contributed by atoms with Crippen LogP contribution in [0.25, 0.3) is 82.3 Å². The van der Waals surface area contributed by atoms with Gasteiger partial charge in [0.05, 0.1) is 27.8 Å². The molecule has 13 rings (SSSR count). The van der Waals surface area contributed by atoms with Gasteiger partial charge in [-0.05, 0) is 65.2 Å². The molecule has 0 saturated heterocycles. The Labute approximate surface area is 322 Å². The van der Waals surface area contributed by atoms with E-state index in [2.05, 4.69) is 174 Å². The lowest BCUT2D eigenvalue weighted by molar-refractivity contribution is 0.168. The number of nitrogens with zero attached hydrogens (tertiary/aromatic N) is 4. The van der Waals surface area contributed by atoms with Gasteiger partial charge in [0.2, 0.25) is 6.23 Å². The second kappa shape index (κ2) is 10.7. The van der Waals surface area contributed by atoms with Gasteiger partial charge in [0, 0.05) is 43.8 Å². The highest BCUT2D eigenvalue weighted by atomic mass is 16.5. The summed E-state index contributed by atoms with van der Waals surface area (Å²) in [5.41, 5.74) is 12.8. The summed E-state index contributed by atoms with van der Waals surface area (Å²) in [6.07, 6.45) is -0.502. The van der Waals surface area contributed by atoms with E-state index < -0.39 is 11.8 Å². The van der Waals surface area contributed by atoms with Gasteiger partial charge >= 0.3 is 0 Å². The van der Waals surface area contributed by atoms with Gasteiger partial charge in [-0.25, -0.2) is 9.98 Å². The van der Waals surface area contributed by atoms with E-state index in [1.54, 1.807) is 0 Å². The highest BCUT2D eigenvalue weighted by Gasteiger charge is 2.49. The number of benzene rings is 8. The Morgan fingerprint density at radius 1 is 0.554 bits per heavy atom. The fourth-order valence-corrected chi connectivity index (χ4v) is 9.91. The van der Waals surface area contributed by atoms with Crippen LogP contribution in [0.5, 0.6) is 5.75 Å². The van der Waals surface area contributed by atoms with Crippen LogP contribution < -0.4 is 4.74 Å². The largest absolute Gasteiger partial charge is 0.465 e. The Kier molecular flexibility index (Phi) is 5.76. The molecule has 262 valence electrons. The van der Waals surface area contributed by atoms with Crippen molar-refractivity contribution in [1.29, 1.82) is 0 Å². The molecule has 56 heavy (non-hydrogen) atoms. The summed E-state index contributed by atoms with van der Waals surface area (Å²) >= 11 is 0. The quantitative estimate of drug-likeness (QED) is 0.167. The SMILES string of the molecule is CC12N=C(n3c4ccccc4c4c5c6c(cc43)c3ccccc3n6-c3ccccc3-c3ccccc3-5)C(c3ccc4ccccc4c3)=NC1Oc1ccccc12. The van der Waals surface area contributed by atoms with Crippen LogP contribution in [-0.4, -0.2) is 26.9 Å². The van der Waals surface area contributed by atoms with Crippen molar-refractivity contribution in [2.24, 2.45) is 9.98 Å². The fourth-order valence-electron chi connectivity index (χ4n) is 9.91. The van der Waals surface area contributed by atoms with Crippen LogP contribution in [-0.2, 0) is 5.54 Å². The molecule has 0 spiro atoms. The Morgan fingerprint density at radius 3 is 2.11 bits per heavy atom. The topological polar surface area (TPSA) is 43.8 Å². The Morgan fingerprint density at radius 2 is 1.23 bits per heavy atom. The van der Waals surface area contributed by atoms with E-state index in [0.29, 0.717) is 0 Å². The van der Waals surface area contributed by atoms with E-state index >= 15 is 0 Å². The Balaban J connectivity index is 1.21. The molecule has 5 heterocycles. The third-order valence-electron chi connectivity index (χ3n) is 12.4. The molecule has 2 unspecified atom stereocenters. The van der Waals surface area contributed by atoms with Crippen molar-refractivity contribution in [3.63, 3.8) is 0 Å². The maximum Gasteiger partial charge on any atom is 0.219 e. The lowest BCUT2D eigenvalue weighted by atomic mass is 9.90. The molecule has 3 aliphatic rings. The first-order chi connectivity index (χ1) is 27.7. The van der Waals surface area contributed by atoms with Crippen molar-refractivity contribution in [3.05, 3.63) is 181 Å². The monoisotopic (exact) mass is 716 g/mol. The molecule has 0 amide bonds. The maximum atomic E-state index is 6.62. The van der Waals surface area contributed by atoms with Gasteiger partial charge in [0.1, 0.15) is 17.0 Å². The number of aliphatic imine (C=N–C) groups is 2. The molecule has 0 saturated carbocycles. The lowest BCUT2D eigenvalue weighted by Gasteiger charge is -2.31. The van der Waals surface area contributed by atoms with E-state index in [0.717, 1.165) is 44.8 Å². The molecule has 5 nitrogen and oxygen atoms in total. The summed E-state index contributed by atoms with van der Waals surface area (Å²) in [6, 6.07) is 61.2. The second-order valence-corrected chi connectivity index (χ2v) is 15.4. The zero-order chi connectivity index (χ0) is 36.7. The van der Waals surface area contributed by atoms with E-state index in [-0.39, 0.29) is 0 Å². The number of hydrogen-bond donors (Lipinski definition) is 0. The normalized spacial score (nSPS) is 18.0. The third kappa shape index (κ3) is 3.79. The summed E-state index contributed by atoms with van der Waals surface area (Å²) in [6.45, 7) is 2.17. The first-order valence-electron chi connectivity index (χ1n) is 19.3. The minimum Gasteiger partial charge on any atom is -0.465 e. The first kappa shape index (κ1) is 30.1. The van der Waals surface area contributed by atoms with E-state index in [1.807, 2.05) is 12.1 Å². The number of hydrogen-bond acceptors (Lipinski definition) is 3. The average molecular weight is 717 g/mol. The average Bonchev–Trinajstić information content (AvgIpc) is 3.83. The standard InChI is InChI=1S/C51H32N4O/c1-51-39-21-9-13-25-44(39)56-50(51)52-47(32-27-26-30-14-2-3-15-31(30)28-32)49(53-51)55-42-24-12-8-20-37(42)45-43(55)29-38-35-18-7-11-23-41(35)54-40-22-10-6-17-34(40)33-16-4-5-19-36(33)46(45)48(38)54/h2-29,50H,1H3. The highest BCUT2D eigenvalue weighted by molar-refractivity contribution is 6.51. The molecule has 0 bridgehead atoms. The first-order valence-corrected chi connectivity index (χ1v) is 19.3. The van der Waals surface area contributed by atoms with E-state index in [4.69, 9.17) is 14.7 Å². The molecule has 0 fully saturated rings. The van der Waals surface area contributed by atoms with Crippen LogP contribution in [0.4, 0.5) is 0 Å². The second-order valence-electron chi connectivity index (χ2n) is 15.4. The molecule has 0 radical (unpaired) electrons.